The first-order chi connectivity index (χ1) is 8.45. The molecule has 0 spiro atoms. The Balaban J connectivity index is 2.69. The molecule has 1 rings (SSSR count). The Morgan fingerprint density at radius 1 is 1.44 bits per heavy atom. The minimum absolute atomic E-state index is 0.0520. The van der Waals surface area contributed by atoms with Crippen molar-refractivity contribution < 1.29 is 9.53 Å². The lowest BCUT2D eigenvalue weighted by Gasteiger charge is -2.23. The summed E-state index contributed by atoms with van der Waals surface area (Å²) in [6.07, 6.45) is 0. The van der Waals surface area contributed by atoms with Crippen LogP contribution >= 0.6 is 12.6 Å². The number of carbonyl (C=O) groups is 1. The molecule has 0 aliphatic heterocycles. The van der Waals surface area contributed by atoms with Crippen molar-refractivity contribution in [2.24, 2.45) is 5.92 Å². The zero-order valence-corrected chi connectivity index (χ0v) is 12.3. The molecule has 0 heterocycles. The number of nitrogens with zero attached hydrogens (tertiary/aromatic N) is 1. The lowest BCUT2D eigenvalue weighted by molar-refractivity contribution is -0.130. The van der Waals surface area contributed by atoms with Crippen LogP contribution in [0.1, 0.15) is 19.4 Å². The van der Waals surface area contributed by atoms with E-state index in [1.165, 1.54) is 0 Å². The van der Waals surface area contributed by atoms with Gasteiger partial charge in [-0.2, -0.15) is 12.6 Å². The van der Waals surface area contributed by atoms with Crippen LogP contribution in [0.4, 0.5) is 0 Å². The van der Waals surface area contributed by atoms with Crippen molar-refractivity contribution >= 4 is 18.5 Å². The van der Waals surface area contributed by atoms with Crippen LogP contribution in [0, 0.1) is 5.92 Å². The Labute approximate surface area is 115 Å². The fourth-order valence-corrected chi connectivity index (χ4v) is 1.83. The lowest BCUT2D eigenvalue weighted by Crippen LogP contribution is -2.35. The molecule has 3 nitrogen and oxygen atoms in total. The predicted octanol–water partition coefficient (Wildman–Crippen LogP) is 2.61. The highest BCUT2D eigenvalue weighted by atomic mass is 32.1. The summed E-state index contributed by atoms with van der Waals surface area (Å²) in [6.45, 7) is 4.56. The molecule has 1 unspecified atom stereocenters. The van der Waals surface area contributed by atoms with Gasteiger partial charge in [0.05, 0.1) is 12.4 Å². The van der Waals surface area contributed by atoms with Crippen molar-refractivity contribution in [1.82, 2.24) is 4.90 Å². The van der Waals surface area contributed by atoms with Crippen LogP contribution in [0.15, 0.2) is 24.3 Å². The molecule has 1 aromatic rings. The Bertz CT molecular complexity index is 407. The number of hydrogen-bond donors (Lipinski definition) is 1. The van der Waals surface area contributed by atoms with Crippen LogP contribution in [0.2, 0.25) is 0 Å². The van der Waals surface area contributed by atoms with Crippen LogP contribution in [-0.4, -0.2) is 30.2 Å². The Morgan fingerprint density at radius 3 is 2.67 bits per heavy atom. The van der Waals surface area contributed by atoms with Gasteiger partial charge in [0.15, 0.2) is 0 Å². The van der Waals surface area contributed by atoms with Crippen molar-refractivity contribution in [3.8, 4) is 5.75 Å². The quantitative estimate of drug-likeness (QED) is 0.831. The summed E-state index contributed by atoms with van der Waals surface area (Å²) < 4.78 is 5.16. The number of carbonyl (C=O) groups excluding carboxylic acids is 1. The van der Waals surface area contributed by atoms with E-state index in [-0.39, 0.29) is 17.1 Å². The molecule has 100 valence electrons. The van der Waals surface area contributed by atoms with E-state index in [9.17, 15) is 4.79 Å². The number of ether oxygens (including phenoxy) is 1. The van der Waals surface area contributed by atoms with Gasteiger partial charge in [0, 0.05) is 13.6 Å². The third-order valence-corrected chi connectivity index (χ3v) is 3.63. The topological polar surface area (TPSA) is 29.5 Å². The van der Waals surface area contributed by atoms with Gasteiger partial charge >= 0.3 is 0 Å². The Kier molecular flexibility index (Phi) is 5.54. The van der Waals surface area contributed by atoms with Gasteiger partial charge in [0.1, 0.15) is 5.75 Å². The molecule has 0 saturated heterocycles. The second-order valence-corrected chi connectivity index (χ2v) is 5.29. The molecule has 0 aliphatic rings. The first-order valence-corrected chi connectivity index (χ1v) is 6.53. The molecule has 0 aliphatic carbocycles. The van der Waals surface area contributed by atoms with E-state index < -0.39 is 0 Å². The van der Waals surface area contributed by atoms with Crippen LogP contribution in [0.25, 0.3) is 0 Å². The fraction of sp³-hybridized carbons (Fsp3) is 0.500. The zero-order chi connectivity index (χ0) is 13.7. The van der Waals surface area contributed by atoms with Gasteiger partial charge in [-0.3, -0.25) is 4.79 Å². The molecule has 1 aromatic carbocycles. The first-order valence-electron chi connectivity index (χ1n) is 6.01. The molecule has 0 N–H and O–H groups in total. The Morgan fingerprint density at radius 2 is 2.11 bits per heavy atom. The molecule has 0 aromatic heterocycles. The average molecular weight is 267 g/mol. The van der Waals surface area contributed by atoms with Crippen molar-refractivity contribution in [3.05, 3.63) is 29.8 Å². The molecule has 1 amide bonds. The zero-order valence-electron chi connectivity index (χ0n) is 11.4. The van der Waals surface area contributed by atoms with E-state index in [2.05, 4.69) is 12.6 Å². The summed E-state index contributed by atoms with van der Waals surface area (Å²) in [5, 5.41) is -0.249. The second-order valence-electron chi connectivity index (χ2n) is 4.73. The van der Waals surface area contributed by atoms with Crippen LogP contribution in [0.3, 0.4) is 0 Å². The summed E-state index contributed by atoms with van der Waals surface area (Å²) in [5.41, 5.74) is 1.05. The van der Waals surface area contributed by atoms with Gasteiger partial charge in [0.25, 0.3) is 0 Å². The molecule has 0 saturated carbocycles. The minimum Gasteiger partial charge on any atom is -0.497 e. The first kappa shape index (κ1) is 14.9. The molecule has 1 atom stereocenters. The highest BCUT2D eigenvalue weighted by Gasteiger charge is 2.21. The molecular formula is C14H21NO2S. The predicted molar refractivity (Wildman–Crippen MR) is 77.1 cm³/mol. The second kappa shape index (κ2) is 6.69. The van der Waals surface area contributed by atoms with Crippen molar-refractivity contribution in [2.75, 3.05) is 14.2 Å². The third kappa shape index (κ3) is 3.95. The van der Waals surface area contributed by atoms with Gasteiger partial charge in [-0.25, -0.2) is 0 Å². The molecular weight excluding hydrogens is 246 g/mol. The normalized spacial score (nSPS) is 12.3. The van der Waals surface area contributed by atoms with Gasteiger partial charge in [-0.1, -0.05) is 26.0 Å². The van der Waals surface area contributed by atoms with E-state index >= 15 is 0 Å². The van der Waals surface area contributed by atoms with Crippen LogP contribution < -0.4 is 4.74 Å². The largest absolute Gasteiger partial charge is 0.497 e. The number of hydrogen-bond acceptors (Lipinski definition) is 3. The summed E-state index contributed by atoms with van der Waals surface area (Å²) >= 11 is 4.35. The SMILES string of the molecule is COc1cccc(CN(C)C(=O)C(S)C(C)C)c1. The van der Waals surface area contributed by atoms with Gasteiger partial charge in [0.2, 0.25) is 5.91 Å². The maximum atomic E-state index is 12.1. The van der Waals surface area contributed by atoms with E-state index in [1.807, 2.05) is 38.1 Å². The molecule has 4 heteroatoms. The van der Waals surface area contributed by atoms with Gasteiger partial charge in [-0.15, -0.1) is 0 Å². The molecule has 18 heavy (non-hydrogen) atoms. The standard InChI is InChI=1S/C14H21NO2S/c1-10(2)13(18)14(16)15(3)9-11-6-5-7-12(8-11)17-4/h5-8,10,13,18H,9H2,1-4H3. The van der Waals surface area contributed by atoms with Crippen LogP contribution in [0.5, 0.6) is 5.75 Å². The average Bonchev–Trinajstić information content (AvgIpc) is 2.36. The maximum Gasteiger partial charge on any atom is 0.235 e. The summed E-state index contributed by atoms with van der Waals surface area (Å²) in [6, 6.07) is 7.73. The van der Waals surface area contributed by atoms with Crippen molar-refractivity contribution in [1.29, 1.82) is 0 Å². The monoisotopic (exact) mass is 267 g/mol. The maximum absolute atomic E-state index is 12.1. The third-order valence-electron chi connectivity index (χ3n) is 2.81. The summed E-state index contributed by atoms with van der Waals surface area (Å²) in [5.74, 6) is 1.09. The number of amides is 1. The minimum atomic E-state index is -0.249. The molecule has 0 radical (unpaired) electrons. The van der Waals surface area contributed by atoms with E-state index in [1.54, 1.807) is 19.1 Å². The van der Waals surface area contributed by atoms with Crippen LogP contribution in [-0.2, 0) is 11.3 Å². The lowest BCUT2D eigenvalue weighted by atomic mass is 10.1. The number of benzene rings is 1. The van der Waals surface area contributed by atoms with Crippen molar-refractivity contribution in [3.63, 3.8) is 0 Å². The summed E-state index contributed by atoms with van der Waals surface area (Å²) in [4.78, 5) is 13.8. The van der Waals surface area contributed by atoms with Gasteiger partial charge in [-0.05, 0) is 23.6 Å². The highest BCUT2D eigenvalue weighted by Crippen LogP contribution is 2.16. The van der Waals surface area contributed by atoms with Crippen molar-refractivity contribution in [2.45, 2.75) is 25.6 Å². The van der Waals surface area contributed by atoms with Gasteiger partial charge < -0.3 is 9.64 Å². The summed E-state index contributed by atoms with van der Waals surface area (Å²) in [7, 11) is 3.43. The molecule has 0 fully saturated rings. The number of thiol groups is 1. The fourth-order valence-electron chi connectivity index (χ4n) is 1.63. The van der Waals surface area contributed by atoms with E-state index in [4.69, 9.17) is 4.74 Å². The number of rotatable bonds is 5. The van der Waals surface area contributed by atoms with E-state index in [0.29, 0.717) is 6.54 Å². The Hall–Kier alpha value is -1.16. The highest BCUT2D eigenvalue weighted by molar-refractivity contribution is 7.81. The van der Waals surface area contributed by atoms with E-state index in [0.717, 1.165) is 11.3 Å². The molecule has 0 bridgehead atoms. The number of methoxy groups -OCH3 is 1. The smallest absolute Gasteiger partial charge is 0.235 e.